The van der Waals surface area contributed by atoms with Crippen molar-refractivity contribution in [3.63, 3.8) is 0 Å². The van der Waals surface area contributed by atoms with E-state index in [2.05, 4.69) is 16.1 Å². The predicted octanol–water partition coefficient (Wildman–Crippen LogP) is 2.01. The summed E-state index contributed by atoms with van der Waals surface area (Å²) in [6, 6.07) is 5.69. The Morgan fingerprint density at radius 2 is 2.29 bits per heavy atom. The van der Waals surface area contributed by atoms with Crippen LogP contribution in [0.1, 0.15) is 12.1 Å². The zero-order chi connectivity index (χ0) is 9.97. The summed E-state index contributed by atoms with van der Waals surface area (Å²) in [6.45, 7) is 0. The maximum atomic E-state index is 12.4. The first kappa shape index (κ1) is 8.80. The summed E-state index contributed by atoms with van der Waals surface area (Å²) in [7, 11) is 0. The van der Waals surface area contributed by atoms with Gasteiger partial charge in [0.25, 0.3) is 6.43 Å². The molecular weight excluding hydrogens is 188 g/mol. The number of pyridine rings is 1. The van der Waals surface area contributed by atoms with Crippen LogP contribution in [0.5, 0.6) is 0 Å². The molecule has 2 heterocycles. The highest BCUT2D eigenvalue weighted by Gasteiger charge is 2.14. The molecule has 2 rings (SSSR count). The summed E-state index contributed by atoms with van der Waals surface area (Å²) in [5.41, 5.74) is 0.252. The van der Waals surface area contributed by atoms with Gasteiger partial charge in [0.1, 0.15) is 5.69 Å². The largest absolute Gasteiger partial charge is 0.281 e. The minimum Gasteiger partial charge on any atom is -0.262 e. The molecule has 0 aliphatic rings. The van der Waals surface area contributed by atoms with Gasteiger partial charge in [0.15, 0.2) is 0 Å². The average molecular weight is 194 g/mol. The summed E-state index contributed by atoms with van der Waals surface area (Å²) < 4.78 is 26.0. The fraction of sp³-hybridized carbons (Fsp3) is 0.111. The quantitative estimate of drug-likeness (QED) is 0.732. The number of nitrogens with zero attached hydrogens (tertiary/aromatic N) is 3. The van der Waals surface area contributed by atoms with Crippen LogP contribution >= 0.6 is 0 Å². The molecule has 0 saturated heterocycles. The standard InChI is InChI=1S/C9H6F2N3/c10-9(11)8-3-5-13-14(8)7-2-1-4-12-6-7/h1-2,4-6,9H. The first-order valence-electron chi connectivity index (χ1n) is 3.93. The van der Waals surface area contributed by atoms with Crippen LogP contribution in [0.2, 0.25) is 0 Å². The first-order valence-corrected chi connectivity index (χ1v) is 3.93. The lowest BCUT2D eigenvalue weighted by Gasteiger charge is -2.04. The van der Waals surface area contributed by atoms with Gasteiger partial charge in [-0.1, -0.05) is 0 Å². The molecule has 0 unspecified atom stereocenters. The molecule has 5 heteroatoms. The van der Waals surface area contributed by atoms with Crippen LogP contribution in [0.15, 0.2) is 30.7 Å². The molecule has 0 bridgehead atoms. The normalized spacial score (nSPS) is 10.8. The van der Waals surface area contributed by atoms with E-state index in [1.807, 2.05) is 0 Å². The second-order valence-corrected chi connectivity index (χ2v) is 2.60. The molecule has 0 N–H and O–H groups in total. The number of hydrogen-bond donors (Lipinski definition) is 0. The van der Waals surface area contributed by atoms with E-state index in [9.17, 15) is 8.78 Å². The third-order valence-electron chi connectivity index (χ3n) is 1.71. The third kappa shape index (κ3) is 1.48. The summed E-state index contributed by atoms with van der Waals surface area (Å²) in [5.74, 6) is 0. The Bertz CT molecular complexity index is 411. The zero-order valence-corrected chi connectivity index (χ0v) is 7.06. The summed E-state index contributed by atoms with van der Waals surface area (Å²) in [4.78, 5) is 3.82. The van der Waals surface area contributed by atoms with Crippen LogP contribution in [0.4, 0.5) is 8.78 Å². The topological polar surface area (TPSA) is 30.7 Å². The molecular formula is C9H6F2N3. The van der Waals surface area contributed by atoms with Crippen LogP contribution in [-0.2, 0) is 0 Å². The summed E-state index contributed by atoms with van der Waals surface area (Å²) >= 11 is 0. The Balaban J connectivity index is 2.47. The third-order valence-corrected chi connectivity index (χ3v) is 1.71. The van der Waals surface area contributed by atoms with Gasteiger partial charge in [-0.2, -0.15) is 5.10 Å². The Morgan fingerprint density at radius 1 is 1.43 bits per heavy atom. The predicted molar refractivity (Wildman–Crippen MR) is 45.2 cm³/mol. The monoisotopic (exact) mass is 194 g/mol. The molecule has 0 atom stereocenters. The smallest absolute Gasteiger partial charge is 0.262 e. The van der Waals surface area contributed by atoms with Gasteiger partial charge in [0.2, 0.25) is 0 Å². The van der Waals surface area contributed by atoms with Crippen molar-refractivity contribution in [3.05, 3.63) is 42.5 Å². The number of halogens is 2. The van der Waals surface area contributed by atoms with Crippen LogP contribution < -0.4 is 0 Å². The van der Waals surface area contributed by atoms with Crippen molar-refractivity contribution < 1.29 is 8.78 Å². The first-order chi connectivity index (χ1) is 6.79. The van der Waals surface area contributed by atoms with Crippen molar-refractivity contribution in [3.8, 4) is 5.69 Å². The molecule has 0 spiro atoms. The lowest BCUT2D eigenvalue weighted by molar-refractivity contribution is 0.142. The van der Waals surface area contributed by atoms with E-state index < -0.39 is 6.43 Å². The highest BCUT2D eigenvalue weighted by molar-refractivity contribution is 5.28. The van der Waals surface area contributed by atoms with Gasteiger partial charge in [-0.25, -0.2) is 13.5 Å². The summed E-state index contributed by atoms with van der Waals surface area (Å²) in [6.07, 6.45) is 1.66. The molecule has 71 valence electrons. The maximum absolute atomic E-state index is 12.4. The highest BCUT2D eigenvalue weighted by Crippen LogP contribution is 2.19. The van der Waals surface area contributed by atoms with Gasteiger partial charge in [0, 0.05) is 12.3 Å². The molecule has 2 aromatic heterocycles. The van der Waals surface area contributed by atoms with E-state index in [1.54, 1.807) is 18.3 Å². The SMILES string of the molecule is FC(F)c1[c]cnn1-c1cccnc1. The van der Waals surface area contributed by atoms with Gasteiger partial charge < -0.3 is 0 Å². The van der Waals surface area contributed by atoms with Crippen molar-refractivity contribution in [2.75, 3.05) is 0 Å². The number of hydrogen-bond acceptors (Lipinski definition) is 2. The molecule has 0 aliphatic heterocycles. The van der Waals surface area contributed by atoms with Gasteiger partial charge in [-0.05, 0) is 12.1 Å². The van der Waals surface area contributed by atoms with Gasteiger partial charge >= 0.3 is 0 Å². The second-order valence-electron chi connectivity index (χ2n) is 2.60. The van der Waals surface area contributed by atoms with E-state index in [1.165, 1.54) is 12.4 Å². The molecule has 14 heavy (non-hydrogen) atoms. The Morgan fingerprint density at radius 3 is 2.93 bits per heavy atom. The lowest BCUT2D eigenvalue weighted by atomic mass is 10.4. The Labute approximate surface area is 79.0 Å². The minimum atomic E-state index is -2.59. The highest BCUT2D eigenvalue weighted by atomic mass is 19.3. The van der Waals surface area contributed by atoms with Crippen molar-refractivity contribution in [1.82, 2.24) is 14.8 Å². The Hall–Kier alpha value is -1.78. The van der Waals surface area contributed by atoms with E-state index in [0.29, 0.717) is 5.69 Å². The van der Waals surface area contributed by atoms with E-state index in [-0.39, 0.29) is 5.69 Å². The number of rotatable bonds is 2. The molecule has 0 aliphatic carbocycles. The molecule has 3 nitrogen and oxygen atoms in total. The van der Waals surface area contributed by atoms with Gasteiger partial charge in [0.05, 0.1) is 18.1 Å². The number of aromatic nitrogens is 3. The lowest BCUT2D eigenvalue weighted by Crippen LogP contribution is -2.02. The van der Waals surface area contributed by atoms with E-state index >= 15 is 0 Å². The summed E-state index contributed by atoms with van der Waals surface area (Å²) in [5, 5.41) is 3.75. The molecule has 1 radical (unpaired) electrons. The van der Waals surface area contributed by atoms with Crippen molar-refractivity contribution in [1.29, 1.82) is 0 Å². The average Bonchev–Trinajstić information content (AvgIpc) is 2.67. The van der Waals surface area contributed by atoms with E-state index in [4.69, 9.17) is 0 Å². The second kappa shape index (κ2) is 3.53. The fourth-order valence-electron chi connectivity index (χ4n) is 1.12. The van der Waals surface area contributed by atoms with E-state index in [0.717, 1.165) is 4.68 Å². The van der Waals surface area contributed by atoms with Crippen LogP contribution in [0.25, 0.3) is 5.69 Å². The fourth-order valence-corrected chi connectivity index (χ4v) is 1.12. The van der Waals surface area contributed by atoms with Crippen molar-refractivity contribution in [2.45, 2.75) is 6.43 Å². The van der Waals surface area contributed by atoms with Crippen LogP contribution in [0.3, 0.4) is 0 Å². The molecule has 0 saturated carbocycles. The van der Waals surface area contributed by atoms with Gasteiger partial charge in [-0.3, -0.25) is 4.98 Å². The Kier molecular flexibility index (Phi) is 2.22. The number of alkyl halides is 2. The minimum absolute atomic E-state index is 0.252. The van der Waals surface area contributed by atoms with Crippen molar-refractivity contribution >= 4 is 0 Å². The maximum Gasteiger partial charge on any atom is 0.281 e. The van der Waals surface area contributed by atoms with Gasteiger partial charge in [-0.15, -0.1) is 0 Å². The van der Waals surface area contributed by atoms with Crippen molar-refractivity contribution in [2.24, 2.45) is 0 Å². The molecule has 0 amide bonds. The zero-order valence-electron chi connectivity index (χ0n) is 7.06. The van der Waals surface area contributed by atoms with Crippen LogP contribution in [0, 0.1) is 6.07 Å². The molecule has 2 aromatic rings. The van der Waals surface area contributed by atoms with Crippen LogP contribution in [-0.4, -0.2) is 14.8 Å². The molecule has 0 fully saturated rings. The molecule has 0 aromatic carbocycles.